The number of carbonyl (C=O) groups is 2. The van der Waals surface area contributed by atoms with E-state index in [0.29, 0.717) is 4.88 Å². The normalized spacial score (nSPS) is 11.1. The van der Waals surface area contributed by atoms with Crippen LogP contribution in [-0.4, -0.2) is 31.5 Å². The van der Waals surface area contributed by atoms with E-state index in [4.69, 9.17) is 4.74 Å². The summed E-state index contributed by atoms with van der Waals surface area (Å²) in [5.41, 5.74) is 0.0818. The molecule has 0 fully saturated rings. The predicted octanol–water partition coefficient (Wildman–Crippen LogP) is 3.34. The molecule has 0 aliphatic rings. The van der Waals surface area contributed by atoms with Gasteiger partial charge in [-0.1, -0.05) is 0 Å². The highest BCUT2D eigenvalue weighted by Crippen LogP contribution is 2.28. The maximum atomic E-state index is 11.9. The molecule has 1 aromatic heterocycles. The van der Waals surface area contributed by atoms with Crippen molar-refractivity contribution in [3.63, 3.8) is 0 Å². The van der Waals surface area contributed by atoms with Gasteiger partial charge in [0.1, 0.15) is 5.00 Å². The lowest BCUT2D eigenvalue weighted by Crippen LogP contribution is -2.23. The predicted molar refractivity (Wildman–Crippen MR) is 66.0 cm³/mol. The molecule has 112 valence electrons. The third-order valence-electron chi connectivity index (χ3n) is 1.93. The summed E-state index contributed by atoms with van der Waals surface area (Å²) >= 11 is 1.04. The number of carbonyl (C=O) groups excluding carboxylic acids is 2. The minimum atomic E-state index is -4.60. The van der Waals surface area contributed by atoms with E-state index in [0.717, 1.165) is 11.3 Å². The van der Waals surface area contributed by atoms with E-state index in [1.807, 2.05) is 0 Å². The summed E-state index contributed by atoms with van der Waals surface area (Å²) in [6, 6.07) is 1.47. The van der Waals surface area contributed by atoms with Crippen LogP contribution in [0.25, 0.3) is 0 Å². The zero-order chi connectivity index (χ0) is 15.3. The Kier molecular flexibility index (Phi) is 5.37. The molecule has 0 aromatic carbocycles. The summed E-state index contributed by atoms with van der Waals surface area (Å²) in [6.45, 7) is 1.74. The van der Waals surface area contributed by atoms with Crippen LogP contribution in [0.2, 0.25) is 0 Å². The molecule has 9 heteroatoms. The van der Waals surface area contributed by atoms with Gasteiger partial charge in [0.25, 0.3) is 0 Å². The van der Waals surface area contributed by atoms with Gasteiger partial charge in [-0.2, -0.15) is 13.2 Å². The van der Waals surface area contributed by atoms with Crippen LogP contribution in [0.4, 0.5) is 23.0 Å². The molecule has 1 heterocycles. The summed E-state index contributed by atoms with van der Waals surface area (Å²) in [7, 11) is 0. The molecule has 0 aliphatic heterocycles. The minimum Gasteiger partial charge on any atom is -0.462 e. The molecule has 0 aliphatic carbocycles. The van der Waals surface area contributed by atoms with Gasteiger partial charge in [-0.3, -0.25) is 5.32 Å². The van der Waals surface area contributed by atoms with Crippen molar-refractivity contribution in [1.82, 2.24) is 0 Å². The quantitative estimate of drug-likeness (QED) is 0.866. The maximum Gasteiger partial charge on any atom is 0.422 e. The topological polar surface area (TPSA) is 64.6 Å². The van der Waals surface area contributed by atoms with Crippen molar-refractivity contribution >= 4 is 28.4 Å². The standard InChI is InChI=1S/C11H12F3NO4S/c1-3-18-9(16)7-4-6(2)20-8(7)15-10(17)19-5-11(12,13)14/h4H,3,5H2,1-2H3,(H,15,17). The van der Waals surface area contributed by atoms with E-state index in [1.54, 1.807) is 13.8 Å². The van der Waals surface area contributed by atoms with Gasteiger partial charge in [0, 0.05) is 4.88 Å². The molecule has 0 atom stereocenters. The number of halogens is 3. The van der Waals surface area contributed by atoms with Crippen LogP contribution >= 0.6 is 11.3 Å². The summed E-state index contributed by atoms with van der Waals surface area (Å²) in [6.07, 6.45) is -5.89. The smallest absolute Gasteiger partial charge is 0.422 e. The number of anilines is 1. The molecule has 20 heavy (non-hydrogen) atoms. The molecule has 0 saturated heterocycles. The molecule has 0 unspecified atom stereocenters. The second kappa shape index (κ2) is 6.60. The molecule has 0 radical (unpaired) electrons. The van der Waals surface area contributed by atoms with E-state index in [9.17, 15) is 22.8 Å². The van der Waals surface area contributed by atoms with Crippen molar-refractivity contribution in [2.75, 3.05) is 18.5 Å². The first kappa shape index (κ1) is 16.3. The molecule has 1 amide bonds. The van der Waals surface area contributed by atoms with Crippen molar-refractivity contribution in [2.45, 2.75) is 20.0 Å². The second-order valence-electron chi connectivity index (χ2n) is 3.64. The molecular formula is C11H12F3NO4S. The van der Waals surface area contributed by atoms with E-state index in [-0.39, 0.29) is 17.2 Å². The number of ether oxygens (including phenoxy) is 2. The van der Waals surface area contributed by atoms with Crippen molar-refractivity contribution < 1.29 is 32.2 Å². The van der Waals surface area contributed by atoms with E-state index in [1.165, 1.54) is 6.07 Å². The van der Waals surface area contributed by atoms with Crippen molar-refractivity contribution in [2.24, 2.45) is 0 Å². The molecule has 5 nitrogen and oxygen atoms in total. The number of rotatable bonds is 4. The van der Waals surface area contributed by atoms with Crippen LogP contribution in [0, 0.1) is 6.92 Å². The highest BCUT2D eigenvalue weighted by molar-refractivity contribution is 7.16. The Morgan fingerprint density at radius 2 is 2.00 bits per heavy atom. The lowest BCUT2D eigenvalue weighted by molar-refractivity contribution is -0.159. The Balaban J connectivity index is 2.72. The molecule has 0 spiro atoms. The monoisotopic (exact) mass is 311 g/mol. The van der Waals surface area contributed by atoms with Gasteiger partial charge < -0.3 is 9.47 Å². The van der Waals surface area contributed by atoms with Gasteiger partial charge >= 0.3 is 18.2 Å². The zero-order valence-electron chi connectivity index (χ0n) is 10.7. The van der Waals surface area contributed by atoms with E-state index >= 15 is 0 Å². The number of nitrogens with one attached hydrogen (secondary N) is 1. The Bertz CT molecular complexity index is 498. The molecule has 1 aromatic rings. The number of hydrogen-bond donors (Lipinski definition) is 1. The van der Waals surface area contributed by atoms with Crippen LogP contribution in [0.3, 0.4) is 0 Å². The van der Waals surface area contributed by atoms with Gasteiger partial charge in [0.15, 0.2) is 6.61 Å². The fraction of sp³-hybridized carbons (Fsp3) is 0.455. The summed E-state index contributed by atoms with van der Waals surface area (Å²) < 4.78 is 44.4. The first-order valence-electron chi connectivity index (χ1n) is 5.51. The number of esters is 1. The molecule has 0 bridgehead atoms. The first-order valence-corrected chi connectivity index (χ1v) is 6.32. The third-order valence-corrected chi connectivity index (χ3v) is 2.90. The summed E-state index contributed by atoms with van der Waals surface area (Å²) in [4.78, 5) is 23.5. The fourth-order valence-electron chi connectivity index (χ4n) is 1.24. The van der Waals surface area contributed by atoms with Gasteiger partial charge in [0.2, 0.25) is 0 Å². The largest absolute Gasteiger partial charge is 0.462 e. The average Bonchev–Trinajstić information content (AvgIpc) is 2.67. The number of thiophene rings is 1. The molecule has 1 rings (SSSR count). The van der Waals surface area contributed by atoms with Crippen LogP contribution in [0.5, 0.6) is 0 Å². The highest BCUT2D eigenvalue weighted by Gasteiger charge is 2.30. The van der Waals surface area contributed by atoms with Gasteiger partial charge in [-0.05, 0) is 19.9 Å². The van der Waals surface area contributed by atoms with Crippen molar-refractivity contribution in [3.8, 4) is 0 Å². The number of alkyl halides is 3. The van der Waals surface area contributed by atoms with Crippen molar-refractivity contribution in [1.29, 1.82) is 0 Å². The number of aryl methyl sites for hydroxylation is 1. The zero-order valence-corrected chi connectivity index (χ0v) is 11.5. The Hall–Kier alpha value is -1.77. The fourth-order valence-corrected chi connectivity index (χ4v) is 2.13. The van der Waals surface area contributed by atoms with Gasteiger partial charge in [-0.15, -0.1) is 11.3 Å². The lowest BCUT2D eigenvalue weighted by Gasteiger charge is -2.09. The van der Waals surface area contributed by atoms with Crippen molar-refractivity contribution in [3.05, 3.63) is 16.5 Å². The van der Waals surface area contributed by atoms with Gasteiger partial charge in [0.05, 0.1) is 12.2 Å². The second-order valence-corrected chi connectivity index (χ2v) is 4.89. The maximum absolute atomic E-state index is 11.9. The molecule has 0 saturated carbocycles. The summed E-state index contributed by atoms with van der Waals surface area (Å²) in [5.74, 6) is -0.664. The molecular weight excluding hydrogens is 299 g/mol. The van der Waals surface area contributed by atoms with Crippen LogP contribution < -0.4 is 5.32 Å². The van der Waals surface area contributed by atoms with E-state index in [2.05, 4.69) is 10.1 Å². The third kappa shape index (κ3) is 5.08. The van der Waals surface area contributed by atoms with Crippen LogP contribution in [0.1, 0.15) is 22.2 Å². The van der Waals surface area contributed by atoms with Crippen LogP contribution in [-0.2, 0) is 9.47 Å². The molecule has 1 N–H and O–H groups in total. The lowest BCUT2D eigenvalue weighted by atomic mass is 10.3. The van der Waals surface area contributed by atoms with Crippen LogP contribution in [0.15, 0.2) is 6.07 Å². The van der Waals surface area contributed by atoms with E-state index < -0.39 is 24.8 Å². The number of amides is 1. The average molecular weight is 311 g/mol. The number of hydrogen-bond acceptors (Lipinski definition) is 5. The summed E-state index contributed by atoms with van der Waals surface area (Å²) in [5, 5.41) is 2.19. The highest BCUT2D eigenvalue weighted by atomic mass is 32.1. The Labute approximate surface area is 116 Å². The first-order chi connectivity index (χ1) is 9.23. The Morgan fingerprint density at radius 3 is 2.55 bits per heavy atom. The Morgan fingerprint density at radius 1 is 1.35 bits per heavy atom. The SMILES string of the molecule is CCOC(=O)c1cc(C)sc1NC(=O)OCC(F)(F)F. The van der Waals surface area contributed by atoms with Gasteiger partial charge in [-0.25, -0.2) is 9.59 Å². The minimum absolute atomic E-state index is 0.0818.